The van der Waals surface area contributed by atoms with Gasteiger partial charge in [-0.2, -0.15) is 0 Å². The monoisotopic (exact) mass is 227 g/mol. The van der Waals surface area contributed by atoms with Crippen molar-refractivity contribution in [2.45, 2.75) is 26.0 Å². The summed E-state index contributed by atoms with van der Waals surface area (Å²) < 4.78 is 13.7. The van der Waals surface area contributed by atoms with Gasteiger partial charge in [-0.15, -0.1) is 0 Å². The Morgan fingerprint density at radius 2 is 2.00 bits per heavy atom. The van der Waals surface area contributed by atoms with Crippen molar-refractivity contribution >= 4 is 5.69 Å². The molecule has 2 N–H and O–H groups in total. The Kier molecular flexibility index (Phi) is 4.26. The van der Waals surface area contributed by atoms with Crippen molar-refractivity contribution in [2.24, 2.45) is 0 Å². The molecule has 16 heavy (non-hydrogen) atoms. The van der Waals surface area contributed by atoms with Crippen LogP contribution in [0.1, 0.15) is 25.5 Å². The third-order valence-corrected chi connectivity index (χ3v) is 2.76. The molecule has 0 saturated carbocycles. The van der Waals surface area contributed by atoms with Crippen molar-refractivity contribution in [2.75, 3.05) is 18.6 Å². The molecule has 1 rings (SSSR count). The molecule has 4 heteroatoms. The molecule has 0 radical (unpaired) electrons. The highest BCUT2D eigenvalue weighted by atomic mass is 19.1. The summed E-state index contributed by atoms with van der Waals surface area (Å²) in [5.74, 6) is -0.388. The molecule has 0 aliphatic heterocycles. The Morgan fingerprint density at radius 1 is 1.38 bits per heavy atom. The lowest BCUT2D eigenvalue weighted by atomic mass is 10.1. The van der Waals surface area contributed by atoms with E-state index < -0.39 is 6.10 Å². The lowest BCUT2D eigenvalue weighted by Crippen LogP contribution is -2.32. The fourth-order valence-electron chi connectivity index (χ4n) is 1.43. The predicted octanol–water partition coefficient (Wildman–Crippen LogP) is 1.70. The van der Waals surface area contributed by atoms with Crippen LogP contribution in [-0.4, -0.2) is 29.9 Å². The highest BCUT2D eigenvalue weighted by Gasteiger charge is 2.14. The van der Waals surface area contributed by atoms with Crippen LogP contribution in [0.15, 0.2) is 18.2 Å². The molecule has 0 aromatic heterocycles. The van der Waals surface area contributed by atoms with Gasteiger partial charge in [0.05, 0.1) is 18.4 Å². The molecule has 3 nitrogen and oxygen atoms in total. The van der Waals surface area contributed by atoms with Crippen LogP contribution in [0.25, 0.3) is 0 Å². The van der Waals surface area contributed by atoms with Crippen LogP contribution < -0.4 is 4.90 Å². The first-order valence-electron chi connectivity index (χ1n) is 5.28. The van der Waals surface area contributed by atoms with Crippen molar-refractivity contribution in [3.05, 3.63) is 29.6 Å². The molecular formula is C12H18FNO2. The van der Waals surface area contributed by atoms with E-state index in [9.17, 15) is 9.50 Å². The standard InChI is InChI=1S/C12H18FNO2/c1-8(7-15)14(3)12-5-4-10(9(2)16)6-11(12)13/h4-6,8-9,15-16H,7H2,1-3H3. The Hall–Kier alpha value is -1.13. The minimum Gasteiger partial charge on any atom is -0.394 e. The van der Waals surface area contributed by atoms with Crippen LogP contribution in [0.4, 0.5) is 10.1 Å². The molecule has 0 amide bonds. The summed E-state index contributed by atoms with van der Waals surface area (Å²) in [5.41, 5.74) is 0.970. The second-order valence-electron chi connectivity index (χ2n) is 4.03. The van der Waals surface area contributed by atoms with Crippen LogP contribution in [-0.2, 0) is 0 Å². The minimum absolute atomic E-state index is 0.0336. The molecule has 0 heterocycles. The Bertz CT molecular complexity index is 355. The van der Waals surface area contributed by atoms with Gasteiger partial charge in [-0.25, -0.2) is 4.39 Å². The summed E-state index contributed by atoms with van der Waals surface area (Å²) in [6, 6.07) is 4.47. The smallest absolute Gasteiger partial charge is 0.146 e. The van der Waals surface area contributed by atoms with Crippen LogP contribution >= 0.6 is 0 Å². The van der Waals surface area contributed by atoms with E-state index in [1.807, 2.05) is 6.92 Å². The highest BCUT2D eigenvalue weighted by molar-refractivity contribution is 5.49. The lowest BCUT2D eigenvalue weighted by Gasteiger charge is -2.26. The van der Waals surface area contributed by atoms with Crippen LogP contribution in [0, 0.1) is 5.82 Å². The number of hydrogen-bond acceptors (Lipinski definition) is 3. The fourth-order valence-corrected chi connectivity index (χ4v) is 1.43. The molecule has 2 unspecified atom stereocenters. The van der Waals surface area contributed by atoms with Crippen molar-refractivity contribution in [1.29, 1.82) is 0 Å². The van der Waals surface area contributed by atoms with E-state index in [0.29, 0.717) is 11.3 Å². The predicted molar refractivity (Wildman–Crippen MR) is 62.0 cm³/mol. The van der Waals surface area contributed by atoms with Crippen LogP contribution in [0.3, 0.4) is 0 Å². The zero-order valence-corrected chi connectivity index (χ0v) is 9.81. The Labute approximate surface area is 95.1 Å². The van der Waals surface area contributed by atoms with E-state index in [1.165, 1.54) is 6.07 Å². The molecule has 90 valence electrons. The SMILES string of the molecule is CC(O)c1ccc(N(C)C(C)CO)c(F)c1. The summed E-state index contributed by atoms with van der Waals surface area (Å²) in [6.45, 7) is 3.37. The van der Waals surface area contributed by atoms with Crippen molar-refractivity contribution in [3.8, 4) is 0 Å². The van der Waals surface area contributed by atoms with E-state index >= 15 is 0 Å². The largest absolute Gasteiger partial charge is 0.394 e. The maximum absolute atomic E-state index is 13.7. The van der Waals surface area contributed by atoms with E-state index in [0.717, 1.165) is 0 Å². The third-order valence-electron chi connectivity index (χ3n) is 2.76. The first-order chi connectivity index (χ1) is 7.47. The average molecular weight is 227 g/mol. The number of hydrogen-bond donors (Lipinski definition) is 2. The van der Waals surface area contributed by atoms with Gasteiger partial charge >= 0.3 is 0 Å². The molecule has 1 aromatic carbocycles. The van der Waals surface area contributed by atoms with Crippen molar-refractivity contribution < 1.29 is 14.6 Å². The number of anilines is 1. The Morgan fingerprint density at radius 3 is 2.44 bits per heavy atom. The topological polar surface area (TPSA) is 43.7 Å². The highest BCUT2D eigenvalue weighted by Crippen LogP contribution is 2.23. The van der Waals surface area contributed by atoms with E-state index in [-0.39, 0.29) is 18.5 Å². The second-order valence-corrected chi connectivity index (χ2v) is 4.03. The maximum atomic E-state index is 13.7. The molecule has 0 saturated heterocycles. The molecule has 0 aliphatic carbocycles. The average Bonchev–Trinajstić information content (AvgIpc) is 2.26. The van der Waals surface area contributed by atoms with Gasteiger partial charge < -0.3 is 15.1 Å². The quantitative estimate of drug-likeness (QED) is 0.822. The van der Waals surface area contributed by atoms with Gasteiger partial charge in [-0.1, -0.05) is 6.07 Å². The number of benzene rings is 1. The van der Waals surface area contributed by atoms with Gasteiger partial charge in [0.25, 0.3) is 0 Å². The molecule has 2 atom stereocenters. The second kappa shape index (κ2) is 5.27. The first-order valence-corrected chi connectivity index (χ1v) is 5.28. The fraction of sp³-hybridized carbons (Fsp3) is 0.500. The zero-order valence-electron chi connectivity index (χ0n) is 9.81. The number of rotatable bonds is 4. The number of halogens is 1. The van der Waals surface area contributed by atoms with E-state index in [4.69, 9.17) is 5.11 Å². The lowest BCUT2D eigenvalue weighted by molar-refractivity contribution is 0.199. The zero-order chi connectivity index (χ0) is 12.3. The Balaban J connectivity index is 2.99. The first kappa shape index (κ1) is 12.9. The molecule has 0 spiro atoms. The maximum Gasteiger partial charge on any atom is 0.146 e. The summed E-state index contributed by atoms with van der Waals surface area (Å²) in [4.78, 5) is 1.67. The van der Waals surface area contributed by atoms with E-state index in [1.54, 1.807) is 31.0 Å². The minimum atomic E-state index is -0.677. The van der Waals surface area contributed by atoms with Gasteiger partial charge in [0.1, 0.15) is 5.82 Å². The summed E-state index contributed by atoms with van der Waals surface area (Å²) >= 11 is 0. The van der Waals surface area contributed by atoms with E-state index in [2.05, 4.69) is 0 Å². The van der Waals surface area contributed by atoms with Crippen LogP contribution in [0.5, 0.6) is 0 Å². The summed E-state index contributed by atoms with van der Waals surface area (Å²) in [6.07, 6.45) is -0.677. The van der Waals surface area contributed by atoms with Gasteiger partial charge in [-0.3, -0.25) is 0 Å². The molecule has 1 aromatic rings. The van der Waals surface area contributed by atoms with Crippen molar-refractivity contribution in [1.82, 2.24) is 0 Å². The number of likely N-dealkylation sites (N-methyl/N-ethyl adjacent to an activating group) is 1. The summed E-state index contributed by atoms with van der Waals surface area (Å²) in [7, 11) is 1.72. The van der Waals surface area contributed by atoms with Gasteiger partial charge in [0.15, 0.2) is 0 Å². The molecule has 0 fully saturated rings. The van der Waals surface area contributed by atoms with Gasteiger partial charge in [0, 0.05) is 13.1 Å². The summed E-state index contributed by atoms with van der Waals surface area (Å²) in [5, 5.41) is 18.3. The molecule has 0 bridgehead atoms. The van der Waals surface area contributed by atoms with Crippen molar-refractivity contribution in [3.63, 3.8) is 0 Å². The number of nitrogens with zero attached hydrogens (tertiary/aromatic N) is 1. The third kappa shape index (κ3) is 2.71. The number of aliphatic hydroxyl groups excluding tert-OH is 2. The normalized spacial score (nSPS) is 14.6. The van der Waals surface area contributed by atoms with Gasteiger partial charge in [-0.05, 0) is 31.5 Å². The molecule has 0 aliphatic rings. The number of aliphatic hydroxyl groups is 2. The molecular weight excluding hydrogens is 209 g/mol. The van der Waals surface area contributed by atoms with Gasteiger partial charge in [0.2, 0.25) is 0 Å². The van der Waals surface area contributed by atoms with Crippen LogP contribution in [0.2, 0.25) is 0 Å².